The van der Waals surface area contributed by atoms with Crippen LogP contribution in [0.25, 0.3) is 16.6 Å². The molecule has 0 bridgehead atoms. The quantitative estimate of drug-likeness (QED) is 0.564. The minimum atomic E-state index is 0.134. The van der Waals surface area contributed by atoms with Crippen LogP contribution in [0.1, 0.15) is 0 Å². The van der Waals surface area contributed by atoms with Crippen LogP contribution >= 0.6 is 0 Å². The van der Waals surface area contributed by atoms with E-state index in [9.17, 15) is 5.11 Å². The Bertz CT molecular complexity index is 1010. The van der Waals surface area contributed by atoms with Gasteiger partial charge >= 0.3 is 0 Å². The van der Waals surface area contributed by atoms with E-state index in [0.717, 1.165) is 16.8 Å². The summed E-state index contributed by atoms with van der Waals surface area (Å²) >= 11 is 0. The third kappa shape index (κ3) is 2.61. The molecule has 1 N–H and O–H groups in total. The Morgan fingerprint density at radius 3 is 2.58 bits per heavy atom. The Morgan fingerprint density at radius 2 is 1.79 bits per heavy atom. The predicted octanol–water partition coefficient (Wildman–Crippen LogP) is 4.54. The van der Waals surface area contributed by atoms with Crippen molar-refractivity contribution in [2.24, 2.45) is 10.2 Å². The number of azo groups is 1. The van der Waals surface area contributed by atoms with E-state index in [4.69, 9.17) is 0 Å². The topological polar surface area (TPSA) is 75.7 Å². The number of fused-ring (bicyclic) bond motifs is 1. The standard InChI is InChI=1S/C18H13N5O/c24-17-8-7-16(15-2-1-9-20-18(15)17)22-21-13-3-5-14(6-4-13)23-11-10-19-12-23/h1-12,24H. The zero-order valence-electron chi connectivity index (χ0n) is 12.6. The van der Waals surface area contributed by atoms with Crippen LogP contribution in [0, 0.1) is 0 Å². The van der Waals surface area contributed by atoms with Crippen molar-refractivity contribution in [3.05, 3.63) is 73.4 Å². The van der Waals surface area contributed by atoms with Crippen LogP contribution in [0.4, 0.5) is 11.4 Å². The second-order valence-corrected chi connectivity index (χ2v) is 5.19. The van der Waals surface area contributed by atoms with Crippen molar-refractivity contribution < 1.29 is 5.11 Å². The molecule has 4 aromatic rings. The lowest BCUT2D eigenvalue weighted by atomic mass is 10.2. The Labute approximate surface area is 137 Å². The maximum atomic E-state index is 9.86. The molecule has 0 spiro atoms. The van der Waals surface area contributed by atoms with Gasteiger partial charge in [-0.15, -0.1) is 5.11 Å². The average molecular weight is 315 g/mol. The molecule has 0 saturated carbocycles. The Balaban J connectivity index is 1.65. The van der Waals surface area contributed by atoms with Crippen molar-refractivity contribution >= 4 is 22.3 Å². The molecule has 2 aromatic carbocycles. The third-order valence-electron chi connectivity index (χ3n) is 3.65. The number of rotatable bonds is 3. The SMILES string of the molecule is Oc1ccc(N=Nc2ccc(-n3ccnc3)cc2)c2cccnc12. The molecule has 0 fully saturated rings. The number of nitrogens with zero attached hydrogens (tertiary/aromatic N) is 5. The molecular weight excluding hydrogens is 302 g/mol. The molecular formula is C18H13N5O. The zero-order chi connectivity index (χ0) is 16.4. The highest BCUT2D eigenvalue weighted by atomic mass is 16.3. The van der Waals surface area contributed by atoms with Gasteiger partial charge in [-0.25, -0.2) is 4.98 Å². The molecule has 0 saturated heterocycles. The molecule has 2 aromatic heterocycles. The van der Waals surface area contributed by atoms with E-state index in [1.165, 1.54) is 0 Å². The van der Waals surface area contributed by atoms with Crippen LogP contribution in [-0.2, 0) is 0 Å². The fourth-order valence-electron chi connectivity index (χ4n) is 2.44. The minimum absolute atomic E-state index is 0.134. The van der Waals surface area contributed by atoms with E-state index >= 15 is 0 Å². The van der Waals surface area contributed by atoms with Crippen molar-refractivity contribution in [1.82, 2.24) is 14.5 Å². The van der Waals surface area contributed by atoms with Crippen LogP contribution < -0.4 is 0 Å². The average Bonchev–Trinajstić information content (AvgIpc) is 3.17. The van der Waals surface area contributed by atoms with E-state index in [0.29, 0.717) is 11.2 Å². The van der Waals surface area contributed by atoms with Crippen molar-refractivity contribution in [3.8, 4) is 11.4 Å². The molecule has 0 aliphatic carbocycles. The number of hydrogen-bond donors (Lipinski definition) is 1. The van der Waals surface area contributed by atoms with Crippen molar-refractivity contribution in [2.45, 2.75) is 0 Å². The molecule has 0 atom stereocenters. The summed E-state index contributed by atoms with van der Waals surface area (Å²) in [6, 6.07) is 14.6. The number of imidazole rings is 1. The minimum Gasteiger partial charge on any atom is -0.506 e. The Kier molecular flexibility index (Phi) is 3.47. The van der Waals surface area contributed by atoms with Gasteiger partial charge in [-0.1, -0.05) is 0 Å². The van der Waals surface area contributed by atoms with E-state index in [1.807, 2.05) is 41.1 Å². The normalized spacial score (nSPS) is 11.3. The van der Waals surface area contributed by atoms with Crippen molar-refractivity contribution in [1.29, 1.82) is 0 Å². The fraction of sp³-hybridized carbons (Fsp3) is 0. The number of phenols is 1. The van der Waals surface area contributed by atoms with E-state index < -0.39 is 0 Å². The van der Waals surface area contributed by atoms with Gasteiger partial charge in [0.25, 0.3) is 0 Å². The van der Waals surface area contributed by atoms with Crippen molar-refractivity contribution in [3.63, 3.8) is 0 Å². The smallest absolute Gasteiger partial charge is 0.141 e. The van der Waals surface area contributed by atoms with Crippen LogP contribution in [0.15, 0.2) is 83.7 Å². The molecule has 116 valence electrons. The second kappa shape index (κ2) is 5.92. The highest BCUT2D eigenvalue weighted by molar-refractivity contribution is 5.93. The molecule has 0 amide bonds. The molecule has 6 heteroatoms. The highest BCUT2D eigenvalue weighted by Gasteiger charge is 2.05. The summed E-state index contributed by atoms with van der Waals surface area (Å²) in [4.78, 5) is 8.20. The summed E-state index contributed by atoms with van der Waals surface area (Å²) in [5, 5.41) is 19.2. The first kappa shape index (κ1) is 14.1. The summed E-state index contributed by atoms with van der Waals surface area (Å²) in [7, 11) is 0. The third-order valence-corrected chi connectivity index (χ3v) is 3.65. The number of aromatic nitrogens is 3. The van der Waals surface area contributed by atoms with Crippen LogP contribution in [0.5, 0.6) is 5.75 Å². The lowest BCUT2D eigenvalue weighted by molar-refractivity contribution is 0.480. The van der Waals surface area contributed by atoms with Gasteiger partial charge in [0.1, 0.15) is 11.3 Å². The molecule has 4 rings (SSSR count). The maximum absolute atomic E-state index is 9.86. The Hall–Kier alpha value is -3.54. The predicted molar refractivity (Wildman–Crippen MR) is 91.1 cm³/mol. The van der Waals surface area contributed by atoms with Gasteiger partial charge in [0.15, 0.2) is 0 Å². The summed E-state index contributed by atoms with van der Waals surface area (Å²) in [6.45, 7) is 0. The van der Waals surface area contributed by atoms with Gasteiger partial charge in [0.2, 0.25) is 0 Å². The van der Waals surface area contributed by atoms with E-state index in [2.05, 4.69) is 20.2 Å². The molecule has 0 unspecified atom stereocenters. The summed E-state index contributed by atoms with van der Waals surface area (Å²) in [6.07, 6.45) is 6.99. The second-order valence-electron chi connectivity index (χ2n) is 5.19. The van der Waals surface area contributed by atoms with Crippen molar-refractivity contribution in [2.75, 3.05) is 0 Å². The van der Waals surface area contributed by atoms with Gasteiger partial charge in [-0.3, -0.25) is 4.98 Å². The summed E-state index contributed by atoms with van der Waals surface area (Å²) in [5.74, 6) is 0.134. The first-order valence-corrected chi connectivity index (χ1v) is 7.38. The van der Waals surface area contributed by atoms with Gasteiger partial charge in [0, 0.05) is 29.7 Å². The number of phenolic OH excluding ortho intramolecular Hbond substituents is 1. The van der Waals surface area contributed by atoms with Crippen LogP contribution in [0.2, 0.25) is 0 Å². The summed E-state index contributed by atoms with van der Waals surface area (Å²) < 4.78 is 1.92. The lowest BCUT2D eigenvalue weighted by Gasteiger charge is -2.03. The van der Waals surface area contributed by atoms with Crippen LogP contribution in [-0.4, -0.2) is 19.6 Å². The molecule has 0 aliphatic rings. The number of pyridine rings is 1. The Morgan fingerprint density at radius 1 is 0.917 bits per heavy atom. The number of hydrogen-bond acceptors (Lipinski definition) is 5. The first-order chi connectivity index (χ1) is 11.8. The van der Waals surface area contributed by atoms with E-state index in [1.54, 1.807) is 36.9 Å². The highest BCUT2D eigenvalue weighted by Crippen LogP contribution is 2.31. The van der Waals surface area contributed by atoms with Crippen LogP contribution in [0.3, 0.4) is 0 Å². The van der Waals surface area contributed by atoms with Gasteiger partial charge in [0.05, 0.1) is 17.7 Å². The maximum Gasteiger partial charge on any atom is 0.141 e. The number of benzene rings is 2. The first-order valence-electron chi connectivity index (χ1n) is 7.38. The van der Waals surface area contributed by atoms with Gasteiger partial charge in [-0.2, -0.15) is 5.11 Å². The number of aromatic hydroxyl groups is 1. The lowest BCUT2D eigenvalue weighted by Crippen LogP contribution is -1.87. The van der Waals surface area contributed by atoms with E-state index in [-0.39, 0.29) is 5.75 Å². The summed E-state index contributed by atoms with van der Waals surface area (Å²) in [5.41, 5.74) is 2.92. The molecule has 2 heterocycles. The monoisotopic (exact) mass is 315 g/mol. The fourth-order valence-corrected chi connectivity index (χ4v) is 2.44. The molecule has 0 aliphatic heterocycles. The largest absolute Gasteiger partial charge is 0.506 e. The van der Waals surface area contributed by atoms with Gasteiger partial charge in [-0.05, 0) is 48.5 Å². The molecule has 24 heavy (non-hydrogen) atoms. The zero-order valence-corrected chi connectivity index (χ0v) is 12.6. The molecule has 0 radical (unpaired) electrons. The van der Waals surface area contributed by atoms with Gasteiger partial charge < -0.3 is 9.67 Å². The molecule has 6 nitrogen and oxygen atoms in total.